The molecule has 1 heterocycles. The number of ether oxygens (including phenoxy) is 2. The number of benzene rings is 2. The summed E-state index contributed by atoms with van der Waals surface area (Å²) in [6, 6.07) is 13.6. The maximum Gasteiger partial charge on any atom is 0.232 e. The van der Waals surface area contributed by atoms with Crippen LogP contribution in [0.25, 0.3) is 0 Å². The molecule has 0 aliphatic carbocycles. The minimum absolute atomic E-state index is 0.119. The van der Waals surface area contributed by atoms with Crippen LogP contribution >= 0.6 is 23.4 Å². The summed E-state index contributed by atoms with van der Waals surface area (Å²) in [7, 11) is 0. The van der Waals surface area contributed by atoms with E-state index in [1.165, 1.54) is 0 Å². The molecule has 0 saturated carbocycles. The molecule has 0 bridgehead atoms. The number of nitrogens with zero attached hydrogens (tertiary/aromatic N) is 1. The minimum atomic E-state index is 0.119. The highest BCUT2D eigenvalue weighted by atomic mass is 35.5. The first-order chi connectivity index (χ1) is 12.7. The van der Waals surface area contributed by atoms with Gasteiger partial charge in [-0.05, 0) is 30.7 Å². The summed E-state index contributed by atoms with van der Waals surface area (Å²) in [5, 5.41) is 0.723. The third-order valence-corrected chi connectivity index (χ3v) is 5.35. The number of para-hydroxylation sites is 1. The molecule has 0 atom stereocenters. The number of hydrogen-bond acceptors (Lipinski definition) is 4. The molecule has 0 spiro atoms. The summed E-state index contributed by atoms with van der Waals surface area (Å²) in [5.74, 6) is 2.84. The van der Waals surface area contributed by atoms with Crippen LogP contribution in [0.4, 0.5) is 0 Å². The molecule has 1 amide bonds. The Morgan fingerprint density at radius 2 is 2.00 bits per heavy atom. The van der Waals surface area contributed by atoms with Gasteiger partial charge in [0.15, 0.2) is 11.5 Å². The van der Waals surface area contributed by atoms with Gasteiger partial charge in [-0.2, -0.15) is 0 Å². The van der Waals surface area contributed by atoms with Gasteiger partial charge in [0.05, 0.1) is 5.75 Å². The molecule has 3 rings (SSSR count). The van der Waals surface area contributed by atoms with Crippen LogP contribution in [-0.2, 0) is 17.1 Å². The Morgan fingerprint density at radius 3 is 2.81 bits per heavy atom. The van der Waals surface area contributed by atoms with Gasteiger partial charge >= 0.3 is 0 Å². The number of carbonyl (C=O) groups is 1. The maximum absolute atomic E-state index is 12.6. The number of rotatable bonds is 7. The summed E-state index contributed by atoms with van der Waals surface area (Å²) in [6.45, 7) is 4.28. The second-order valence-corrected chi connectivity index (χ2v) is 7.39. The fourth-order valence-corrected chi connectivity index (χ4v) is 3.90. The molecule has 4 nitrogen and oxygen atoms in total. The van der Waals surface area contributed by atoms with Gasteiger partial charge in [-0.15, -0.1) is 11.8 Å². The van der Waals surface area contributed by atoms with Crippen molar-refractivity contribution in [3.63, 3.8) is 0 Å². The highest BCUT2D eigenvalue weighted by Gasteiger charge is 2.19. The van der Waals surface area contributed by atoms with E-state index in [1.54, 1.807) is 11.8 Å². The summed E-state index contributed by atoms with van der Waals surface area (Å²) >= 11 is 7.60. The molecule has 0 fully saturated rings. The Hall–Kier alpha value is -1.85. The molecule has 1 aliphatic heterocycles. The molecule has 2 aromatic carbocycles. The van der Waals surface area contributed by atoms with Crippen molar-refractivity contribution in [2.75, 3.05) is 25.5 Å². The molecule has 0 aromatic heterocycles. The van der Waals surface area contributed by atoms with Crippen LogP contribution in [0, 0.1) is 0 Å². The molecule has 6 heteroatoms. The van der Waals surface area contributed by atoms with Crippen molar-refractivity contribution in [3.8, 4) is 11.5 Å². The Bertz CT molecular complexity index is 768. The van der Waals surface area contributed by atoms with Crippen LogP contribution in [0.1, 0.15) is 18.1 Å². The summed E-state index contributed by atoms with van der Waals surface area (Å²) in [5.41, 5.74) is 2.11. The Morgan fingerprint density at radius 1 is 1.19 bits per heavy atom. The molecule has 0 saturated heterocycles. The van der Waals surface area contributed by atoms with Crippen molar-refractivity contribution < 1.29 is 14.3 Å². The molecule has 138 valence electrons. The Balaban J connectivity index is 1.57. The fourth-order valence-electron chi connectivity index (χ4n) is 2.81. The number of amides is 1. The Kier molecular flexibility index (Phi) is 6.69. The molecule has 0 unspecified atom stereocenters. The number of carbonyl (C=O) groups excluding carboxylic acids is 1. The lowest BCUT2D eigenvalue weighted by Gasteiger charge is -2.25. The van der Waals surface area contributed by atoms with Gasteiger partial charge < -0.3 is 14.4 Å². The molecule has 2 aromatic rings. The van der Waals surface area contributed by atoms with Crippen LogP contribution in [0.2, 0.25) is 5.02 Å². The van der Waals surface area contributed by atoms with Crippen LogP contribution in [-0.4, -0.2) is 36.3 Å². The highest BCUT2D eigenvalue weighted by molar-refractivity contribution is 7.99. The van der Waals surface area contributed by atoms with Crippen LogP contribution in [0.15, 0.2) is 42.5 Å². The highest BCUT2D eigenvalue weighted by Crippen LogP contribution is 2.34. The Labute approximate surface area is 163 Å². The van der Waals surface area contributed by atoms with E-state index in [1.807, 2.05) is 54.3 Å². The second kappa shape index (κ2) is 9.19. The topological polar surface area (TPSA) is 38.8 Å². The molecule has 0 radical (unpaired) electrons. The van der Waals surface area contributed by atoms with E-state index >= 15 is 0 Å². The van der Waals surface area contributed by atoms with E-state index in [0.717, 1.165) is 33.4 Å². The molecular weight excluding hydrogens is 370 g/mol. The number of fused-ring (bicyclic) bond motifs is 1. The van der Waals surface area contributed by atoms with Crippen molar-refractivity contribution in [2.24, 2.45) is 0 Å². The third kappa shape index (κ3) is 4.86. The average Bonchev–Trinajstić information content (AvgIpc) is 2.66. The predicted octanol–water partition coefficient (Wildman–Crippen LogP) is 4.39. The minimum Gasteiger partial charge on any atom is -0.486 e. The third-order valence-electron chi connectivity index (χ3n) is 4.13. The molecule has 26 heavy (non-hydrogen) atoms. The second-order valence-electron chi connectivity index (χ2n) is 5.97. The summed E-state index contributed by atoms with van der Waals surface area (Å²) < 4.78 is 11.4. The van der Waals surface area contributed by atoms with Crippen molar-refractivity contribution in [1.82, 2.24) is 4.90 Å². The maximum atomic E-state index is 12.6. The van der Waals surface area contributed by atoms with Gasteiger partial charge in [0.2, 0.25) is 5.91 Å². The number of thioether (sulfide) groups is 1. The van der Waals surface area contributed by atoms with Crippen LogP contribution < -0.4 is 9.47 Å². The fraction of sp³-hybridized carbons (Fsp3) is 0.350. The molecule has 0 N–H and O–H groups in total. The van der Waals surface area contributed by atoms with Gasteiger partial charge in [0, 0.05) is 29.4 Å². The molecular formula is C20H22ClNO3S. The van der Waals surface area contributed by atoms with Crippen molar-refractivity contribution >= 4 is 29.3 Å². The smallest absolute Gasteiger partial charge is 0.232 e. The van der Waals surface area contributed by atoms with Crippen molar-refractivity contribution in [3.05, 3.63) is 58.6 Å². The zero-order valence-electron chi connectivity index (χ0n) is 14.7. The van der Waals surface area contributed by atoms with Crippen LogP contribution in [0.3, 0.4) is 0 Å². The zero-order valence-corrected chi connectivity index (χ0v) is 16.3. The zero-order chi connectivity index (χ0) is 18.4. The summed E-state index contributed by atoms with van der Waals surface area (Å²) in [6.07, 6.45) is 0. The first kappa shape index (κ1) is 18.9. The first-order valence-electron chi connectivity index (χ1n) is 8.65. The number of halogens is 1. The SMILES string of the molecule is CCN(Cc1cccc2c1OCCO2)C(=O)CSCc1cccc(Cl)c1. The van der Waals surface area contributed by atoms with E-state index in [9.17, 15) is 4.79 Å². The van der Waals surface area contributed by atoms with Gasteiger partial charge in [-0.25, -0.2) is 0 Å². The van der Waals surface area contributed by atoms with E-state index < -0.39 is 0 Å². The van der Waals surface area contributed by atoms with Crippen LogP contribution in [0.5, 0.6) is 11.5 Å². The molecule has 1 aliphatic rings. The van der Waals surface area contributed by atoms with E-state index in [-0.39, 0.29) is 5.91 Å². The first-order valence-corrected chi connectivity index (χ1v) is 10.2. The van der Waals surface area contributed by atoms with E-state index in [0.29, 0.717) is 32.1 Å². The summed E-state index contributed by atoms with van der Waals surface area (Å²) in [4.78, 5) is 14.5. The van der Waals surface area contributed by atoms with E-state index in [2.05, 4.69) is 0 Å². The van der Waals surface area contributed by atoms with Gasteiger partial charge in [-0.3, -0.25) is 4.79 Å². The average molecular weight is 392 g/mol. The van der Waals surface area contributed by atoms with Crippen molar-refractivity contribution in [1.29, 1.82) is 0 Å². The largest absolute Gasteiger partial charge is 0.486 e. The van der Waals surface area contributed by atoms with Gasteiger partial charge in [0.1, 0.15) is 13.2 Å². The number of hydrogen-bond donors (Lipinski definition) is 0. The normalized spacial score (nSPS) is 12.7. The standard InChI is InChI=1S/C20H22ClNO3S/c1-2-22(12-16-6-4-8-18-20(16)25-10-9-24-18)19(23)14-26-13-15-5-3-7-17(21)11-15/h3-8,11H,2,9-10,12-14H2,1H3. The van der Waals surface area contributed by atoms with Gasteiger partial charge in [-0.1, -0.05) is 35.9 Å². The van der Waals surface area contributed by atoms with Gasteiger partial charge in [0.25, 0.3) is 0 Å². The van der Waals surface area contributed by atoms with Crippen molar-refractivity contribution in [2.45, 2.75) is 19.2 Å². The lowest BCUT2D eigenvalue weighted by Crippen LogP contribution is -2.32. The lowest BCUT2D eigenvalue weighted by atomic mass is 10.1. The van der Waals surface area contributed by atoms with E-state index in [4.69, 9.17) is 21.1 Å². The predicted molar refractivity (Wildman–Crippen MR) is 106 cm³/mol. The quantitative estimate of drug-likeness (QED) is 0.701. The monoisotopic (exact) mass is 391 g/mol. The lowest BCUT2D eigenvalue weighted by molar-refractivity contribution is -0.128.